The van der Waals surface area contributed by atoms with Gasteiger partial charge >= 0.3 is 0 Å². The van der Waals surface area contributed by atoms with E-state index in [0.29, 0.717) is 17.4 Å². The Bertz CT molecular complexity index is 564. The monoisotopic (exact) mass is 286 g/mol. The molecular weight excluding hydrogens is 260 g/mol. The summed E-state index contributed by atoms with van der Waals surface area (Å²) >= 11 is 0. The minimum Gasteiger partial charge on any atom is -0.290 e. The molecule has 114 valence electrons. The van der Waals surface area contributed by atoms with E-state index in [1.54, 1.807) is 6.08 Å². The summed E-state index contributed by atoms with van der Waals surface area (Å²) in [6.45, 7) is 8.55. The summed E-state index contributed by atoms with van der Waals surface area (Å²) in [5.74, 6) is 1.63. The van der Waals surface area contributed by atoms with Gasteiger partial charge in [0.2, 0.25) is 0 Å². The molecule has 0 N–H and O–H groups in total. The fraction of sp³-hybridized carbons (Fsp3) is 0.684. The maximum atomic E-state index is 12.8. The largest absolute Gasteiger partial charge is 0.290 e. The first-order chi connectivity index (χ1) is 9.86. The predicted octanol–water partition coefficient (Wildman–Crippen LogP) is 4.25. The van der Waals surface area contributed by atoms with Crippen LogP contribution in [0.3, 0.4) is 0 Å². The van der Waals surface area contributed by atoms with Crippen LogP contribution < -0.4 is 0 Å². The average molecular weight is 286 g/mol. The molecule has 3 atom stereocenters. The number of carbonyl (C=O) groups is 2. The van der Waals surface area contributed by atoms with Gasteiger partial charge in [-0.2, -0.15) is 0 Å². The van der Waals surface area contributed by atoms with Gasteiger partial charge in [0.1, 0.15) is 0 Å². The molecule has 0 aromatic rings. The molecule has 0 saturated heterocycles. The molecule has 0 unspecified atom stereocenters. The fourth-order valence-electron chi connectivity index (χ4n) is 5.03. The molecule has 2 heteroatoms. The second-order valence-corrected chi connectivity index (χ2v) is 7.73. The van der Waals surface area contributed by atoms with Crippen molar-refractivity contribution >= 4 is 11.6 Å². The van der Waals surface area contributed by atoms with Crippen molar-refractivity contribution in [3.8, 4) is 0 Å². The maximum absolute atomic E-state index is 12.8. The Kier molecular flexibility index (Phi) is 3.46. The zero-order chi connectivity index (χ0) is 15.4. The highest BCUT2D eigenvalue weighted by Crippen LogP contribution is 2.56. The maximum Gasteiger partial charge on any atom is 0.185 e. The van der Waals surface area contributed by atoms with Crippen LogP contribution in [0, 0.1) is 23.2 Å². The molecule has 0 spiro atoms. The third kappa shape index (κ3) is 2.06. The molecule has 0 amide bonds. The van der Waals surface area contributed by atoms with Gasteiger partial charge < -0.3 is 0 Å². The molecule has 3 aliphatic rings. The van der Waals surface area contributed by atoms with Crippen LogP contribution in [0.1, 0.15) is 59.8 Å². The number of rotatable bonds is 1. The normalized spacial score (nSPS) is 36.5. The van der Waals surface area contributed by atoms with E-state index in [1.807, 2.05) is 13.8 Å². The second-order valence-electron chi connectivity index (χ2n) is 7.73. The first kappa shape index (κ1) is 14.7. The lowest BCUT2D eigenvalue weighted by atomic mass is 9.53. The molecular formula is C19H26O2. The Morgan fingerprint density at radius 3 is 2.62 bits per heavy atom. The smallest absolute Gasteiger partial charge is 0.185 e. The third-order valence-electron chi connectivity index (χ3n) is 6.13. The number of hydrogen-bond acceptors (Lipinski definition) is 2. The van der Waals surface area contributed by atoms with E-state index in [9.17, 15) is 9.59 Å². The van der Waals surface area contributed by atoms with E-state index in [-0.39, 0.29) is 22.9 Å². The molecule has 1 saturated carbocycles. The summed E-state index contributed by atoms with van der Waals surface area (Å²) in [5, 5.41) is 0. The number of ketones is 2. The van der Waals surface area contributed by atoms with Crippen molar-refractivity contribution in [2.24, 2.45) is 23.2 Å². The Morgan fingerprint density at radius 1 is 1.24 bits per heavy atom. The average Bonchev–Trinajstić information content (AvgIpc) is 2.41. The van der Waals surface area contributed by atoms with Crippen LogP contribution >= 0.6 is 0 Å². The van der Waals surface area contributed by atoms with E-state index in [0.717, 1.165) is 30.4 Å². The van der Waals surface area contributed by atoms with Crippen molar-refractivity contribution < 1.29 is 9.59 Å². The standard InChI is InChI=1S/C19H26O2/c1-11(2)14-10-16(20)17-13(18(14)21)7-8-15-12(3)6-5-9-19(15,17)4/h10-12,15H,5-9H2,1-4H3/t12-,15-,19-/m0/s1. The van der Waals surface area contributed by atoms with Gasteiger partial charge in [-0.25, -0.2) is 0 Å². The number of carbonyl (C=O) groups excluding carboxylic acids is 2. The molecule has 2 nitrogen and oxygen atoms in total. The zero-order valence-electron chi connectivity index (χ0n) is 13.7. The van der Waals surface area contributed by atoms with Gasteiger partial charge in [-0.3, -0.25) is 9.59 Å². The summed E-state index contributed by atoms with van der Waals surface area (Å²) in [4.78, 5) is 25.5. The highest BCUT2D eigenvalue weighted by atomic mass is 16.1. The van der Waals surface area contributed by atoms with Gasteiger partial charge in [-0.15, -0.1) is 0 Å². The van der Waals surface area contributed by atoms with Gasteiger partial charge in [0.25, 0.3) is 0 Å². The van der Waals surface area contributed by atoms with E-state index < -0.39 is 0 Å². The predicted molar refractivity (Wildman–Crippen MR) is 83.8 cm³/mol. The summed E-state index contributed by atoms with van der Waals surface area (Å²) in [6.07, 6.45) is 7.00. The first-order valence-electron chi connectivity index (χ1n) is 8.40. The van der Waals surface area contributed by atoms with E-state index in [4.69, 9.17) is 0 Å². The molecule has 0 heterocycles. The van der Waals surface area contributed by atoms with Crippen LogP contribution in [0.2, 0.25) is 0 Å². The fourth-order valence-corrected chi connectivity index (χ4v) is 5.03. The highest BCUT2D eigenvalue weighted by molar-refractivity contribution is 6.23. The minimum atomic E-state index is -0.0724. The van der Waals surface area contributed by atoms with Crippen molar-refractivity contribution in [1.82, 2.24) is 0 Å². The highest BCUT2D eigenvalue weighted by Gasteiger charge is 2.50. The lowest BCUT2D eigenvalue weighted by Gasteiger charge is -2.50. The molecule has 21 heavy (non-hydrogen) atoms. The number of allylic oxidation sites excluding steroid dienone is 4. The van der Waals surface area contributed by atoms with E-state index in [2.05, 4.69) is 13.8 Å². The number of fused-ring (bicyclic) bond motifs is 2. The SMILES string of the molecule is CC(C)C1=CC(=O)C2=C(CC[C@H]3[C@@H](C)CCC[C@]23C)C1=O. The van der Waals surface area contributed by atoms with Crippen molar-refractivity contribution in [3.63, 3.8) is 0 Å². The quantitative estimate of drug-likeness (QED) is 0.675. The molecule has 0 aromatic carbocycles. The molecule has 3 rings (SSSR count). The number of Topliss-reactive ketones (excluding diaryl/α,β-unsaturated/α-hetero) is 1. The van der Waals surface area contributed by atoms with Crippen LogP contribution in [0.5, 0.6) is 0 Å². The molecule has 0 bridgehead atoms. The van der Waals surface area contributed by atoms with Crippen LogP contribution in [0.15, 0.2) is 22.8 Å². The summed E-state index contributed by atoms with van der Waals surface area (Å²) in [7, 11) is 0. The van der Waals surface area contributed by atoms with Crippen molar-refractivity contribution in [2.45, 2.75) is 59.8 Å². The Morgan fingerprint density at radius 2 is 1.95 bits per heavy atom. The third-order valence-corrected chi connectivity index (χ3v) is 6.13. The van der Waals surface area contributed by atoms with Crippen LogP contribution in [0.4, 0.5) is 0 Å². The van der Waals surface area contributed by atoms with E-state index >= 15 is 0 Å². The molecule has 0 radical (unpaired) electrons. The van der Waals surface area contributed by atoms with Crippen molar-refractivity contribution in [2.75, 3.05) is 0 Å². The Labute approximate surface area is 127 Å². The van der Waals surface area contributed by atoms with Gasteiger partial charge in [0, 0.05) is 16.7 Å². The topological polar surface area (TPSA) is 34.1 Å². The first-order valence-corrected chi connectivity index (χ1v) is 8.40. The van der Waals surface area contributed by atoms with Crippen molar-refractivity contribution in [1.29, 1.82) is 0 Å². The number of hydrogen-bond donors (Lipinski definition) is 0. The lowest BCUT2D eigenvalue weighted by molar-refractivity contribution is -0.118. The van der Waals surface area contributed by atoms with Crippen LogP contribution in [-0.4, -0.2) is 11.6 Å². The summed E-state index contributed by atoms with van der Waals surface area (Å²) in [6, 6.07) is 0. The Hall–Kier alpha value is -1.18. The van der Waals surface area contributed by atoms with Gasteiger partial charge in [0.05, 0.1) is 0 Å². The summed E-state index contributed by atoms with van der Waals surface area (Å²) < 4.78 is 0. The Balaban J connectivity index is 2.08. The van der Waals surface area contributed by atoms with Gasteiger partial charge in [-0.1, -0.05) is 40.5 Å². The van der Waals surface area contributed by atoms with Crippen molar-refractivity contribution in [3.05, 3.63) is 22.8 Å². The molecule has 0 aliphatic heterocycles. The molecule has 3 aliphatic carbocycles. The lowest BCUT2D eigenvalue weighted by Crippen LogP contribution is -2.45. The van der Waals surface area contributed by atoms with Gasteiger partial charge in [0.15, 0.2) is 11.6 Å². The molecule has 1 fully saturated rings. The molecule has 0 aromatic heterocycles. The zero-order valence-corrected chi connectivity index (χ0v) is 13.7. The second kappa shape index (κ2) is 4.93. The van der Waals surface area contributed by atoms with Crippen LogP contribution in [-0.2, 0) is 9.59 Å². The minimum absolute atomic E-state index is 0.0724. The summed E-state index contributed by atoms with van der Waals surface area (Å²) in [5.41, 5.74) is 2.36. The van der Waals surface area contributed by atoms with Crippen LogP contribution in [0.25, 0.3) is 0 Å². The van der Waals surface area contributed by atoms with E-state index in [1.165, 1.54) is 12.8 Å². The van der Waals surface area contributed by atoms with Gasteiger partial charge in [-0.05, 0) is 48.5 Å².